The Morgan fingerprint density at radius 2 is 2.00 bits per heavy atom. The monoisotopic (exact) mass is 317 g/mol. The van der Waals surface area contributed by atoms with Crippen LogP contribution in [0.25, 0.3) is 0 Å². The van der Waals surface area contributed by atoms with Gasteiger partial charge >= 0.3 is 5.97 Å². The van der Waals surface area contributed by atoms with Crippen molar-refractivity contribution in [3.8, 4) is 0 Å². The number of hydrogen-bond donors (Lipinski definition) is 2. The van der Waals surface area contributed by atoms with Crippen molar-refractivity contribution >= 4 is 27.8 Å². The van der Waals surface area contributed by atoms with E-state index in [1.54, 1.807) is 13.8 Å². The van der Waals surface area contributed by atoms with Crippen molar-refractivity contribution in [3.63, 3.8) is 0 Å². The number of nitrogens with one attached hydrogen (secondary N) is 1. The van der Waals surface area contributed by atoms with Crippen LogP contribution in [0.5, 0.6) is 0 Å². The van der Waals surface area contributed by atoms with Gasteiger partial charge in [-0.15, -0.1) is 0 Å². The van der Waals surface area contributed by atoms with Crippen molar-refractivity contribution in [1.29, 1.82) is 0 Å². The third kappa shape index (κ3) is 3.29. The van der Waals surface area contributed by atoms with Gasteiger partial charge in [-0.3, -0.25) is 4.79 Å². The maximum absolute atomic E-state index is 13.6. The zero-order valence-electron chi connectivity index (χ0n) is 9.91. The van der Waals surface area contributed by atoms with E-state index in [9.17, 15) is 14.0 Å². The van der Waals surface area contributed by atoms with E-state index in [1.807, 2.05) is 0 Å². The highest BCUT2D eigenvalue weighted by Crippen LogP contribution is 2.18. The molecule has 98 valence electrons. The summed E-state index contributed by atoms with van der Waals surface area (Å²) < 4.78 is 13.8. The Kier molecular flexibility index (Phi) is 4.84. The molecule has 0 fully saturated rings. The van der Waals surface area contributed by atoms with Crippen LogP contribution < -0.4 is 5.32 Å². The van der Waals surface area contributed by atoms with Gasteiger partial charge in [0.05, 0.1) is 10.0 Å². The average molecular weight is 318 g/mol. The van der Waals surface area contributed by atoms with Crippen LogP contribution in [0.1, 0.15) is 24.2 Å². The van der Waals surface area contributed by atoms with Crippen LogP contribution in [0, 0.1) is 11.7 Å². The molecule has 1 unspecified atom stereocenters. The number of carboxylic acid groups (broad SMARTS) is 1. The molecule has 0 spiro atoms. The fourth-order valence-electron chi connectivity index (χ4n) is 1.41. The normalized spacial score (nSPS) is 12.3. The molecule has 0 saturated heterocycles. The molecule has 0 saturated carbocycles. The van der Waals surface area contributed by atoms with Gasteiger partial charge in [0.2, 0.25) is 0 Å². The van der Waals surface area contributed by atoms with Crippen LogP contribution in [0.3, 0.4) is 0 Å². The average Bonchev–Trinajstić information content (AvgIpc) is 2.28. The second-order valence-electron chi connectivity index (χ2n) is 4.13. The largest absolute Gasteiger partial charge is 0.480 e. The van der Waals surface area contributed by atoms with Crippen molar-refractivity contribution < 1.29 is 19.1 Å². The van der Waals surface area contributed by atoms with Gasteiger partial charge in [-0.05, 0) is 34.0 Å². The molecule has 0 aromatic heterocycles. The molecule has 1 aromatic carbocycles. The fourth-order valence-corrected chi connectivity index (χ4v) is 1.78. The molecule has 0 heterocycles. The van der Waals surface area contributed by atoms with Gasteiger partial charge < -0.3 is 10.4 Å². The van der Waals surface area contributed by atoms with Crippen LogP contribution in [-0.2, 0) is 4.79 Å². The van der Waals surface area contributed by atoms with Crippen molar-refractivity contribution in [2.24, 2.45) is 5.92 Å². The zero-order valence-corrected chi connectivity index (χ0v) is 11.5. The summed E-state index contributed by atoms with van der Waals surface area (Å²) in [6.07, 6.45) is 0. The van der Waals surface area contributed by atoms with E-state index in [1.165, 1.54) is 18.2 Å². The Morgan fingerprint density at radius 1 is 1.39 bits per heavy atom. The number of amides is 1. The van der Waals surface area contributed by atoms with Crippen LogP contribution >= 0.6 is 15.9 Å². The lowest BCUT2D eigenvalue weighted by molar-refractivity contribution is -0.140. The molecular formula is C12H13BrFNO3. The molecule has 1 aromatic rings. The third-order valence-corrected chi connectivity index (χ3v) is 3.03. The Bertz CT molecular complexity index is 476. The first-order valence-electron chi connectivity index (χ1n) is 5.32. The molecule has 1 atom stereocenters. The van der Waals surface area contributed by atoms with Gasteiger partial charge in [0.15, 0.2) is 0 Å². The van der Waals surface area contributed by atoms with Crippen molar-refractivity contribution in [3.05, 3.63) is 34.1 Å². The summed E-state index contributed by atoms with van der Waals surface area (Å²) in [5, 5.41) is 11.2. The summed E-state index contributed by atoms with van der Waals surface area (Å²) in [5.41, 5.74) is -0.184. The summed E-state index contributed by atoms with van der Waals surface area (Å²) in [6, 6.07) is 3.22. The number of aliphatic carboxylic acids is 1. The second kappa shape index (κ2) is 5.95. The van der Waals surface area contributed by atoms with Gasteiger partial charge in [0.1, 0.15) is 11.9 Å². The number of halogens is 2. The molecule has 1 rings (SSSR count). The number of benzene rings is 1. The maximum Gasteiger partial charge on any atom is 0.326 e. The summed E-state index contributed by atoms with van der Waals surface area (Å²) in [4.78, 5) is 22.7. The second-order valence-corrected chi connectivity index (χ2v) is 4.99. The van der Waals surface area contributed by atoms with Crippen LogP contribution in [0.15, 0.2) is 22.7 Å². The smallest absolute Gasteiger partial charge is 0.326 e. The first kappa shape index (κ1) is 14.6. The Balaban J connectivity index is 2.94. The van der Waals surface area contributed by atoms with Crippen LogP contribution in [-0.4, -0.2) is 23.0 Å². The highest BCUT2D eigenvalue weighted by Gasteiger charge is 2.25. The van der Waals surface area contributed by atoms with Gasteiger partial charge in [-0.25, -0.2) is 9.18 Å². The molecule has 18 heavy (non-hydrogen) atoms. The van der Waals surface area contributed by atoms with E-state index in [2.05, 4.69) is 21.2 Å². The number of carbonyl (C=O) groups is 2. The van der Waals surface area contributed by atoms with Crippen LogP contribution in [0.2, 0.25) is 0 Å². The van der Waals surface area contributed by atoms with Crippen LogP contribution in [0.4, 0.5) is 4.39 Å². The predicted molar refractivity (Wildman–Crippen MR) is 67.8 cm³/mol. The van der Waals surface area contributed by atoms with E-state index in [0.717, 1.165) is 0 Å². The highest BCUT2D eigenvalue weighted by atomic mass is 79.9. The van der Waals surface area contributed by atoms with Crippen molar-refractivity contribution in [1.82, 2.24) is 5.32 Å². The first-order valence-corrected chi connectivity index (χ1v) is 6.11. The molecule has 0 bridgehead atoms. The number of carbonyl (C=O) groups excluding carboxylic acids is 1. The molecule has 0 aliphatic rings. The Hall–Kier alpha value is -1.43. The lowest BCUT2D eigenvalue weighted by atomic mass is 10.0. The molecular weight excluding hydrogens is 305 g/mol. The van der Waals surface area contributed by atoms with E-state index >= 15 is 0 Å². The minimum absolute atomic E-state index is 0.159. The molecule has 1 amide bonds. The summed E-state index contributed by atoms with van der Waals surface area (Å²) in [7, 11) is 0. The Morgan fingerprint density at radius 3 is 2.50 bits per heavy atom. The van der Waals surface area contributed by atoms with E-state index in [-0.39, 0.29) is 16.0 Å². The lowest BCUT2D eigenvalue weighted by Crippen LogP contribution is -2.44. The molecule has 6 heteroatoms. The van der Waals surface area contributed by atoms with Crippen molar-refractivity contribution in [2.45, 2.75) is 19.9 Å². The summed E-state index contributed by atoms with van der Waals surface area (Å²) in [5.74, 6) is -2.88. The van der Waals surface area contributed by atoms with E-state index in [0.29, 0.717) is 0 Å². The van der Waals surface area contributed by atoms with Gasteiger partial charge in [-0.1, -0.05) is 19.9 Å². The first-order chi connectivity index (χ1) is 8.34. The van der Waals surface area contributed by atoms with Gasteiger partial charge in [0.25, 0.3) is 5.91 Å². The van der Waals surface area contributed by atoms with E-state index in [4.69, 9.17) is 5.11 Å². The summed E-state index contributed by atoms with van der Waals surface area (Å²) in [6.45, 7) is 3.33. The Labute approximate surface area is 112 Å². The molecule has 2 N–H and O–H groups in total. The minimum Gasteiger partial charge on any atom is -0.480 e. The summed E-state index contributed by atoms with van der Waals surface area (Å²) >= 11 is 2.97. The SMILES string of the molecule is CC(C)C(NC(=O)c1cccc(Br)c1F)C(=O)O. The molecule has 0 aliphatic heterocycles. The lowest BCUT2D eigenvalue weighted by Gasteiger charge is -2.18. The fraction of sp³-hybridized carbons (Fsp3) is 0.333. The molecule has 0 radical (unpaired) electrons. The zero-order chi connectivity index (χ0) is 13.9. The third-order valence-electron chi connectivity index (χ3n) is 2.42. The number of carboxylic acids is 1. The van der Waals surface area contributed by atoms with Gasteiger partial charge in [-0.2, -0.15) is 0 Å². The number of hydrogen-bond acceptors (Lipinski definition) is 2. The predicted octanol–water partition coefficient (Wildman–Crippen LogP) is 2.43. The highest BCUT2D eigenvalue weighted by molar-refractivity contribution is 9.10. The standard InChI is InChI=1S/C12H13BrFNO3/c1-6(2)10(12(17)18)15-11(16)7-4-3-5-8(13)9(7)14/h3-6,10H,1-2H3,(H,15,16)(H,17,18). The minimum atomic E-state index is -1.14. The molecule has 0 aliphatic carbocycles. The van der Waals surface area contributed by atoms with Gasteiger partial charge in [0, 0.05) is 0 Å². The number of rotatable bonds is 4. The molecule has 4 nitrogen and oxygen atoms in total. The topological polar surface area (TPSA) is 66.4 Å². The van der Waals surface area contributed by atoms with Crippen molar-refractivity contribution in [2.75, 3.05) is 0 Å². The van der Waals surface area contributed by atoms with E-state index < -0.39 is 23.7 Å². The quantitative estimate of drug-likeness (QED) is 0.896. The maximum atomic E-state index is 13.6.